The van der Waals surface area contributed by atoms with Gasteiger partial charge in [-0.2, -0.15) is 0 Å². The molecule has 41 heavy (non-hydrogen) atoms. The van der Waals surface area contributed by atoms with Crippen LogP contribution >= 0.6 is 0 Å². The molecular weight excluding hydrogens is 518 g/mol. The zero-order valence-corrected chi connectivity index (χ0v) is 23.8. The van der Waals surface area contributed by atoms with Gasteiger partial charge in [0.1, 0.15) is 17.0 Å². The van der Waals surface area contributed by atoms with E-state index in [0.717, 1.165) is 58.9 Å². The molecule has 3 atom stereocenters. The van der Waals surface area contributed by atoms with Gasteiger partial charge in [-0.15, -0.1) is 0 Å². The summed E-state index contributed by atoms with van der Waals surface area (Å²) in [7, 11) is 1.62. The Hall–Kier alpha value is -4.18. The van der Waals surface area contributed by atoms with Gasteiger partial charge in [-0.1, -0.05) is 6.08 Å². The van der Waals surface area contributed by atoms with E-state index < -0.39 is 0 Å². The summed E-state index contributed by atoms with van der Waals surface area (Å²) in [5, 5.41) is 3.96. The van der Waals surface area contributed by atoms with Gasteiger partial charge < -0.3 is 25.3 Å². The lowest BCUT2D eigenvalue weighted by Gasteiger charge is -2.20. The summed E-state index contributed by atoms with van der Waals surface area (Å²) < 4.78 is 10.0. The van der Waals surface area contributed by atoms with Crippen molar-refractivity contribution < 1.29 is 14.3 Å². The molecule has 2 aliphatic heterocycles. The van der Waals surface area contributed by atoms with Gasteiger partial charge in [-0.3, -0.25) is 14.0 Å². The smallest absolute Gasteiger partial charge is 0.258 e. The van der Waals surface area contributed by atoms with Gasteiger partial charge in [0.15, 0.2) is 5.88 Å². The van der Waals surface area contributed by atoms with Crippen LogP contribution in [0.25, 0.3) is 28.1 Å². The molecule has 3 N–H and O–H groups in total. The number of carbonyl (C=O) groups excluding carboxylic acids is 2. The van der Waals surface area contributed by atoms with Crippen LogP contribution in [0, 0.1) is 12.8 Å². The monoisotopic (exact) mass is 553 g/mol. The van der Waals surface area contributed by atoms with E-state index in [1.807, 2.05) is 35.3 Å². The molecule has 2 amide bonds. The standard InChI is InChI=1S/C31H35N7O3/c1-16(33-18(3)39)24-9-7-20-11-26(36(30(20)34-24)15-19-5-6-19)29-17(2)37-27(35-29)12-21(13-28(37)41-4)31(40)38-22-8-10-25(38)23(32)14-22/h7,9-13,16,19,22-23H,5-6,8,14-15,32H2,1-4H3,(H,33,39)/t16-,22+,23-/m1/s1. The van der Waals surface area contributed by atoms with Gasteiger partial charge in [0.05, 0.1) is 30.2 Å². The molecule has 7 rings (SSSR count). The van der Waals surface area contributed by atoms with Crippen LogP contribution in [0.15, 0.2) is 42.1 Å². The van der Waals surface area contributed by atoms with E-state index in [1.165, 1.54) is 19.8 Å². The molecule has 10 heteroatoms. The number of aromatic nitrogens is 4. The summed E-state index contributed by atoms with van der Waals surface area (Å²) in [6.45, 7) is 6.34. The second-order valence-corrected chi connectivity index (χ2v) is 11.7. The number of hydrogen-bond acceptors (Lipinski definition) is 6. The summed E-state index contributed by atoms with van der Waals surface area (Å²) >= 11 is 0. The van der Waals surface area contributed by atoms with Crippen LogP contribution in [-0.2, 0) is 11.3 Å². The zero-order chi connectivity index (χ0) is 28.6. The lowest BCUT2D eigenvalue weighted by Crippen LogP contribution is -2.31. The summed E-state index contributed by atoms with van der Waals surface area (Å²) in [6.07, 6.45) is 6.13. The molecular formula is C31H35N7O3. The highest BCUT2D eigenvalue weighted by molar-refractivity contribution is 5.98. The van der Waals surface area contributed by atoms with Gasteiger partial charge in [0, 0.05) is 48.3 Å². The Labute approximate surface area is 238 Å². The summed E-state index contributed by atoms with van der Waals surface area (Å²) in [4.78, 5) is 37.3. The first kappa shape index (κ1) is 25.8. The average Bonchev–Trinajstić information content (AvgIpc) is 3.27. The highest BCUT2D eigenvalue weighted by atomic mass is 16.5. The van der Waals surface area contributed by atoms with Crippen LogP contribution in [0.3, 0.4) is 0 Å². The van der Waals surface area contributed by atoms with Crippen molar-refractivity contribution in [2.24, 2.45) is 11.7 Å². The van der Waals surface area contributed by atoms with Gasteiger partial charge in [0.25, 0.3) is 5.91 Å². The van der Waals surface area contributed by atoms with Crippen LogP contribution in [0.5, 0.6) is 5.88 Å². The number of imidazole rings is 1. The van der Waals surface area contributed by atoms with Gasteiger partial charge in [-0.05, 0) is 69.7 Å². The number of ether oxygens (including phenoxy) is 1. The topological polar surface area (TPSA) is 120 Å². The fourth-order valence-electron chi connectivity index (χ4n) is 6.53. The van der Waals surface area contributed by atoms with Gasteiger partial charge in [0.2, 0.25) is 5.91 Å². The lowest BCUT2D eigenvalue weighted by molar-refractivity contribution is -0.119. The van der Waals surface area contributed by atoms with Crippen molar-refractivity contribution in [2.75, 3.05) is 7.11 Å². The maximum atomic E-state index is 13.7. The average molecular weight is 554 g/mol. The summed E-state index contributed by atoms with van der Waals surface area (Å²) in [5.74, 6) is 1.01. The number of carbonyl (C=O) groups is 2. The normalized spacial score (nSPS) is 20.6. The third-order valence-electron chi connectivity index (χ3n) is 8.75. The van der Waals surface area contributed by atoms with Crippen molar-refractivity contribution in [1.82, 2.24) is 29.2 Å². The largest absolute Gasteiger partial charge is 0.482 e. The maximum Gasteiger partial charge on any atom is 0.258 e. The number of amides is 2. The second kappa shape index (κ2) is 9.44. The number of nitrogens with two attached hydrogens (primary N) is 1. The first-order chi connectivity index (χ1) is 19.7. The molecule has 2 bridgehead atoms. The molecule has 1 saturated heterocycles. The van der Waals surface area contributed by atoms with Crippen molar-refractivity contribution in [3.63, 3.8) is 0 Å². The Balaban J connectivity index is 1.34. The summed E-state index contributed by atoms with van der Waals surface area (Å²) in [5.41, 5.74) is 12.8. The second-order valence-electron chi connectivity index (χ2n) is 11.7. The van der Waals surface area contributed by atoms with Crippen molar-refractivity contribution in [3.8, 4) is 17.3 Å². The van der Waals surface area contributed by atoms with Gasteiger partial charge in [-0.25, -0.2) is 9.97 Å². The molecule has 0 aromatic carbocycles. The molecule has 0 unspecified atom stereocenters. The molecule has 0 radical (unpaired) electrons. The molecule has 3 aliphatic rings. The number of fused-ring (bicyclic) bond motifs is 4. The van der Waals surface area contributed by atoms with Crippen LogP contribution in [0.2, 0.25) is 0 Å². The van der Waals surface area contributed by atoms with Crippen LogP contribution in [0.4, 0.5) is 0 Å². The molecule has 10 nitrogen and oxygen atoms in total. The number of hydrogen-bond donors (Lipinski definition) is 2. The third kappa shape index (κ3) is 4.20. The quantitative estimate of drug-likeness (QED) is 0.356. The summed E-state index contributed by atoms with van der Waals surface area (Å²) in [6, 6.07) is 9.66. The maximum absolute atomic E-state index is 13.7. The Morgan fingerprint density at radius 2 is 2.00 bits per heavy atom. The Morgan fingerprint density at radius 3 is 2.66 bits per heavy atom. The number of nitrogens with one attached hydrogen (secondary N) is 1. The van der Waals surface area contributed by atoms with Gasteiger partial charge >= 0.3 is 0 Å². The van der Waals surface area contributed by atoms with E-state index in [-0.39, 0.29) is 29.9 Å². The predicted octanol–water partition coefficient (Wildman–Crippen LogP) is 4.10. The fraction of sp³-hybridized carbons (Fsp3) is 0.419. The molecule has 212 valence electrons. The number of rotatable bonds is 7. The zero-order valence-electron chi connectivity index (χ0n) is 23.8. The SMILES string of the molecule is COc1cc(C(=O)N2C3=CC[C@H]2C[C@H]3N)cc2nc(-c3cc4ccc([C@@H](C)NC(C)=O)nc4n3CC3CC3)c(C)n12. The van der Waals surface area contributed by atoms with Crippen molar-refractivity contribution in [3.05, 3.63) is 59.1 Å². The predicted molar refractivity (Wildman–Crippen MR) is 155 cm³/mol. The Bertz CT molecular complexity index is 1760. The molecule has 0 spiro atoms. The molecule has 1 aliphatic carbocycles. The third-order valence-corrected chi connectivity index (χ3v) is 8.75. The number of aryl methyl sites for hydroxylation is 1. The minimum absolute atomic E-state index is 0.0671. The van der Waals surface area contributed by atoms with Crippen molar-refractivity contribution >= 4 is 28.5 Å². The number of nitrogens with zero attached hydrogens (tertiary/aromatic N) is 5. The highest BCUT2D eigenvalue weighted by Crippen LogP contribution is 2.39. The lowest BCUT2D eigenvalue weighted by atomic mass is 10.0. The molecule has 4 aromatic heterocycles. The van der Waals surface area contributed by atoms with E-state index in [2.05, 4.69) is 28.1 Å². The Morgan fingerprint density at radius 1 is 1.20 bits per heavy atom. The molecule has 2 fully saturated rings. The Kier molecular flexibility index (Phi) is 5.93. The molecule has 4 aromatic rings. The highest BCUT2D eigenvalue weighted by Gasteiger charge is 2.42. The number of methoxy groups -OCH3 is 1. The van der Waals surface area contributed by atoms with E-state index in [0.29, 0.717) is 23.0 Å². The minimum atomic E-state index is -0.196. The van der Waals surface area contributed by atoms with Crippen LogP contribution in [0.1, 0.15) is 67.3 Å². The fourth-order valence-corrected chi connectivity index (χ4v) is 6.53. The van der Waals surface area contributed by atoms with E-state index in [9.17, 15) is 9.59 Å². The van der Waals surface area contributed by atoms with Crippen LogP contribution < -0.4 is 15.8 Å². The van der Waals surface area contributed by atoms with Crippen molar-refractivity contribution in [2.45, 2.75) is 71.1 Å². The van der Waals surface area contributed by atoms with E-state index >= 15 is 0 Å². The first-order valence-electron chi connectivity index (χ1n) is 14.4. The van der Waals surface area contributed by atoms with E-state index in [4.69, 9.17) is 20.4 Å². The van der Waals surface area contributed by atoms with Crippen LogP contribution in [-0.4, -0.2) is 54.8 Å². The first-order valence-corrected chi connectivity index (χ1v) is 14.4. The molecule has 1 saturated carbocycles. The van der Waals surface area contributed by atoms with Crippen molar-refractivity contribution in [1.29, 1.82) is 0 Å². The minimum Gasteiger partial charge on any atom is -0.482 e. The molecule has 6 heterocycles. The number of pyridine rings is 2. The van der Waals surface area contributed by atoms with E-state index in [1.54, 1.807) is 13.2 Å².